The molecule has 0 heterocycles. The molecule has 1 atom stereocenters. The summed E-state index contributed by atoms with van der Waals surface area (Å²) in [6.07, 6.45) is 3.28. The molecule has 0 saturated carbocycles. The molecule has 0 N–H and O–H groups in total. The second kappa shape index (κ2) is 8.60. The highest BCUT2D eigenvalue weighted by Crippen LogP contribution is 2.16. The summed E-state index contributed by atoms with van der Waals surface area (Å²) in [6, 6.07) is 18.2. The standard InChI is InChI=1S/C17H20O3S/c1-21(18)20-12-6-10-15-9-5-11-17(13-15)19-14-16-7-3-2-4-8-16/h2-5,7-9,11,13H,6,10,12,14H2,1H3. The smallest absolute Gasteiger partial charge is 0.152 e. The molecule has 0 fully saturated rings. The van der Waals surface area contributed by atoms with E-state index in [9.17, 15) is 4.21 Å². The van der Waals surface area contributed by atoms with Crippen LogP contribution in [-0.4, -0.2) is 17.1 Å². The van der Waals surface area contributed by atoms with Crippen molar-refractivity contribution in [3.8, 4) is 5.75 Å². The maximum atomic E-state index is 10.8. The van der Waals surface area contributed by atoms with E-state index in [1.54, 1.807) is 0 Å². The molecule has 0 spiro atoms. The van der Waals surface area contributed by atoms with Gasteiger partial charge in [0.25, 0.3) is 0 Å². The highest BCUT2D eigenvalue weighted by atomic mass is 32.2. The van der Waals surface area contributed by atoms with Gasteiger partial charge >= 0.3 is 0 Å². The van der Waals surface area contributed by atoms with Crippen molar-refractivity contribution >= 4 is 11.1 Å². The molecule has 0 amide bonds. The van der Waals surface area contributed by atoms with Crippen LogP contribution in [0.5, 0.6) is 5.75 Å². The van der Waals surface area contributed by atoms with Crippen molar-refractivity contribution in [2.24, 2.45) is 0 Å². The molecular formula is C17H20O3S. The van der Waals surface area contributed by atoms with Gasteiger partial charge in [-0.05, 0) is 36.1 Å². The van der Waals surface area contributed by atoms with E-state index in [4.69, 9.17) is 8.92 Å². The van der Waals surface area contributed by atoms with Gasteiger partial charge in [0.2, 0.25) is 0 Å². The number of ether oxygens (including phenoxy) is 1. The Kier molecular flexibility index (Phi) is 6.44. The fraction of sp³-hybridized carbons (Fsp3) is 0.294. The number of aryl methyl sites for hydroxylation is 1. The van der Waals surface area contributed by atoms with E-state index in [1.165, 1.54) is 11.8 Å². The fourth-order valence-corrected chi connectivity index (χ4v) is 2.34. The molecule has 2 rings (SSSR count). The molecule has 112 valence electrons. The monoisotopic (exact) mass is 304 g/mol. The van der Waals surface area contributed by atoms with E-state index in [1.807, 2.05) is 48.5 Å². The fourth-order valence-electron chi connectivity index (χ4n) is 1.98. The Morgan fingerprint density at radius 1 is 1.00 bits per heavy atom. The van der Waals surface area contributed by atoms with Crippen LogP contribution in [0.1, 0.15) is 17.5 Å². The van der Waals surface area contributed by atoms with Crippen LogP contribution < -0.4 is 4.74 Å². The van der Waals surface area contributed by atoms with Gasteiger partial charge in [-0.15, -0.1) is 0 Å². The summed E-state index contributed by atoms with van der Waals surface area (Å²) in [5, 5.41) is 0. The predicted molar refractivity (Wildman–Crippen MR) is 85.6 cm³/mol. The quantitative estimate of drug-likeness (QED) is 0.700. The van der Waals surface area contributed by atoms with E-state index in [0.29, 0.717) is 13.2 Å². The molecule has 0 radical (unpaired) electrons. The van der Waals surface area contributed by atoms with Crippen LogP contribution in [0.2, 0.25) is 0 Å². The number of hydrogen-bond donors (Lipinski definition) is 0. The van der Waals surface area contributed by atoms with Gasteiger partial charge in [0.1, 0.15) is 12.4 Å². The first-order valence-corrected chi connectivity index (χ1v) is 8.45. The van der Waals surface area contributed by atoms with Crippen LogP contribution in [-0.2, 0) is 28.3 Å². The lowest BCUT2D eigenvalue weighted by atomic mass is 10.1. The van der Waals surface area contributed by atoms with Crippen molar-refractivity contribution < 1.29 is 13.1 Å². The number of benzene rings is 2. The van der Waals surface area contributed by atoms with Gasteiger partial charge in [-0.25, -0.2) is 4.21 Å². The molecule has 0 saturated heterocycles. The molecular weight excluding hydrogens is 284 g/mol. The zero-order chi connectivity index (χ0) is 14.9. The molecule has 0 aliphatic heterocycles. The van der Waals surface area contributed by atoms with E-state index < -0.39 is 11.1 Å². The Labute approximate surface area is 128 Å². The summed E-state index contributed by atoms with van der Waals surface area (Å²) < 4.78 is 21.6. The number of rotatable bonds is 8. The summed E-state index contributed by atoms with van der Waals surface area (Å²) >= 11 is -1.18. The molecule has 21 heavy (non-hydrogen) atoms. The highest BCUT2D eigenvalue weighted by Gasteiger charge is 1.99. The molecule has 4 heteroatoms. The SMILES string of the molecule is CS(=O)OCCCc1cccc(OCc2ccccc2)c1. The van der Waals surface area contributed by atoms with Gasteiger partial charge in [0, 0.05) is 6.26 Å². The Morgan fingerprint density at radius 2 is 1.76 bits per heavy atom. The van der Waals surface area contributed by atoms with Gasteiger partial charge in [-0.3, -0.25) is 4.18 Å². The largest absolute Gasteiger partial charge is 0.489 e. The van der Waals surface area contributed by atoms with Crippen molar-refractivity contribution in [1.29, 1.82) is 0 Å². The topological polar surface area (TPSA) is 35.5 Å². The second-order valence-corrected chi connectivity index (χ2v) is 5.79. The minimum Gasteiger partial charge on any atom is -0.489 e. The lowest BCUT2D eigenvalue weighted by Gasteiger charge is -2.08. The van der Waals surface area contributed by atoms with E-state index >= 15 is 0 Å². The van der Waals surface area contributed by atoms with Crippen LogP contribution >= 0.6 is 0 Å². The van der Waals surface area contributed by atoms with E-state index in [-0.39, 0.29) is 0 Å². The molecule has 2 aromatic rings. The summed E-state index contributed by atoms with van der Waals surface area (Å²) in [5.74, 6) is 0.872. The van der Waals surface area contributed by atoms with Crippen LogP contribution in [0, 0.1) is 0 Å². The van der Waals surface area contributed by atoms with Crippen molar-refractivity contribution in [3.63, 3.8) is 0 Å². The first-order valence-electron chi connectivity index (χ1n) is 6.96. The number of hydrogen-bond acceptors (Lipinski definition) is 3. The lowest BCUT2D eigenvalue weighted by Crippen LogP contribution is -1.99. The molecule has 3 nitrogen and oxygen atoms in total. The Hall–Kier alpha value is -1.65. The Morgan fingerprint density at radius 3 is 2.52 bits per heavy atom. The van der Waals surface area contributed by atoms with Crippen LogP contribution in [0.25, 0.3) is 0 Å². The molecule has 0 bridgehead atoms. The van der Waals surface area contributed by atoms with Gasteiger partial charge in [-0.2, -0.15) is 0 Å². The second-order valence-electron chi connectivity index (χ2n) is 4.75. The highest BCUT2D eigenvalue weighted by molar-refractivity contribution is 7.79. The average molecular weight is 304 g/mol. The van der Waals surface area contributed by atoms with Crippen LogP contribution in [0.4, 0.5) is 0 Å². The van der Waals surface area contributed by atoms with Gasteiger partial charge in [-0.1, -0.05) is 42.5 Å². The zero-order valence-corrected chi connectivity index (χ0v) is 13.0. The molecule has 0 aromatic heterocycles. The molecule has 0 aliphatic carbocycles. The molecule has 2 aromatic carbocycles. The summed E-state index contributed by atoms with van der Waals surface area (Å²) in [4.78, 5) is 0. The first kappa shape index (κ1) is 15.7. The van der Waals surface area contributed by atoms with Crippen molar-refractivity contribution in [2.75, 3.05) is 12.9 Å². The normalized spacial score (nSPS) is 12.0. The summed E-state index contributed by atoms with van der Waals surface area (Å²) in [5.41, 5.74) is 2.35. The summed E-state index contributed by atoms with van der Waals surface area (Å²) in [7, 11) is 0. The third-order valence-corrected chi connectivity index (χ3v) is 3.50. The average Bonchev–Trinajstić information content (AvgIpc) is 2.51. The predicted octanol–water partition coefficient (Wildman–Crippen LogP) is 3.51. The lowest BCUT2D eigenvalue weighted by molar-refractivity contribution is 0.305. The third kappa shape index (κ3) is 6.10. The van der Waals surface area contributed by atoms with Gasteiger partial charge < -0.3 is 4.74 Å². The van der Waals surface area contributed by atoms with Gasteiger partial charge in [0.05, 0.1) is 6.61 Å². The van der Waals surface area contributed by atoms with E-state index in [2.05, 4.69) is 6.07 Å². The zero-order valence-electron chi connectivity index (χ0n) is 12.2. The van der Waals surface area contributed by atoms with Crippen molar-refractivity contribution in [2.45, 2.75) is 19.4 Å². The minimum absolute atomic E-state index is 0.512. The maximum absolute atomic E-state index is 10.8. The summed E-state index contributed by atoms with van der Waals surface area (Å²) in [6.45, 7) is 1.08. The van der Waals surface area contributed by atoms with Crippen molar-refractivity contribution in [3.05, 3.63) is 65.7 Å². The van der Waals surface area contributed by atoms with E-state index in [0.717, 1.165) is 24.2 Å². The third-order valence-electron chi connectivity index (χ3n) is 3.01. The van der Waals surface area contributed by atoms with Crippen LogP contribution in [0.3, 0.4) is 0 Å². The molecule has 0 aliphatic rings. The maximum Gasteiger partial charge on any atom is 0.152 e. The van der Waals surface area contributed by atoms with Crippen molar-refractivity contribution in [1.82, 2.24) is 0 Å². The first-order chi connectivity index (χ1) is 10.2. The van der Waals surface area contributed by atoms with Crippen LogP contribution in [0.15, 0.2) is 54.6 Å². The Bertz CT molecular complexity index is 569. The minimum atomic E-state index is -1.18. The Balaban J connectivity index is 1.81. The van der Waals surface area contributed by atoms with Gasteiger partial charge in [0.15, 0.2) is 11.1 Å². The molecule has 1 unspecified atom stereocenters.